The number of hydrogen-bond acceptors (Lipinski definition) is 7. The number of ether oxygens (including phenoxy) is 1. The molecule has 1 aliphatic rings. The largest absolute Gasteiger partial charge is 0.507 e. The summed E-state index contributed by atoms with van der Waals surface area (Å²) in [6.45, 7) is 0. The third-order valence-electron chi connectivity index (χ3n) is 5.58. The third-order valence-corrected chi connectivity index (χ3v) is 5.58. The Morgan fingerprint density at radius 3 is 2.09 bits per heavy atom. The fourth-order valence-electron chi connectivity index (χ4n) is 4.11. The number of ketones is 1. The zero-order valence-electron chi connectivity index (χ0n) is 17.5. The van der Waals surface area contributed by atoms with Gasteiger partial charge in [0.2, 0.25) is 11.5 Å². The highest BCUT2D eigenvalue weighted by Gasteiger charge is 2.28. The lowest BCUT2D eigenvalue weighted by atomic mass is 9.84. The van der Waals surface area contributed by atoms with Crippen LogP contribution in [0.15, 0.2) is 80.6 Å². The Balaban J connectivity index is 0.000000139. The van der Waals surface area contributed by atoms with Crippen LogP contribution in [0.3, 0.4) is 0 Å². The Kier molecular flexibility index (Phi) is 4.86. The average molecular weight is 442 g/mol. The van der Waals surface area contributed by atoms with Crippen molar-refractivity contribution in [1.82, 2.24) is 0 Å². The lowest BCUT2D eigenvalue weighted by Crippen LogP contribution is -2.15. The molecule has 0 aliphatic heterocycles. The van der Waals surface area contributed by atoms with Crippen molar-refractivity contribution in [3.05, 3.63) is 99.6 Å². The first kappa shape index (κ1) is 20.4. The summed E-state index contributed by atoms with van der Waals surface area (Å²) < 4.78 is 15.6. The fraction of sp³-hybridized carbons (Fsp3) is 0.0769. The number of phenolic OH excluding ortho intramolecular Hbond substituents is 2. The van der Waals surface area contributed by atoms with Gasteiger partial charge in [-0.05, 0) is 47.9 Å². The quantitative estimate of drug-likeness (QED) is 0.353. The highest BCUT2D eigenvalue weighted by molar-refractivity contribution is 6.15. The molecule has 0 amide bonds. The molecule has 0 saturated heterocycles. The summed E-state index contributed by atoms with van der Waals surface area (Å²) in [7, 11) is 1.52. The molecule has 7 nitrogen and oxygen atoms in total. The standard InChI is InChI=1S/C14H10O3.C12H8O4/c15-10-5-1-3-8-7-9-4-2-6-11(16)13(9)14(17)12(8)10;1-14-12-10-8(4-5-15-10)6-7-2-3-9(13)16-11(7)12/h1-6,15-16H,7H2;2-6H,1H3. The van der Waals surface area contributed by atoms with Crippen molar-refractivity contribution >= 4 is 27.7 Å². The first-order valence-electron chi connectivity index (χ1n) is 10.1. The maximum Gasteiger partial charge on any atom is 0.336 e. The summed E-state index contributed by atoms with van der Waals surface area (Å²) in [6, 6.07) is 16.9. The number of carbonyl (C=O) groups is 1. The van der Waals surface area contributed by atoms with E-state index in [1.165, 1.54) is 25.3 Å². The monoisotopic (exact) mass is 442 g/mol. The van der Waals surface area contributed by atoms with Crippen LogP contribution in [0.4, 0.5) is 0 Å². The molecule has 2 N–H and O–H groups in total. The summed E-state index contributed by atoms with van der Waals surface area (Å²) in [6.07, 6.45) is 2.13. The van der Waals surface area contributed by atoms with Crippen LogP contribution in [0.1, 0.15) is 27.0 Å². The van der Waals surface area contributed by atoms with E-state index < -0.39 is 5.63 Å². The van der Waals surface area contributed by atoms with E-state index in [1.807, 2.05) is 24.3 Å². The Morgan fingerprint density at radius 2 is 1.45 bits per heavy atom. The molecule has 0 saturated carbocycles. The molecular formula is C26H18O7. The molecule has 0 unspecified atom stereocenters. The smallest absolute Gasteiger partial charge is 0.336 e. The summed E-state index contributed by atoms with van der Waals surface area (Å²) in [4.78, 5) is 23.4. The topological polar surface area (TPSA) is 110 Å². The Bertz CT molecular complexity index is 1540. The van der Waals surface area contributed by atoms with E-state index in [1.54, 1.807) is 24.5 Å². The van der Waals surface area contributed by atoms with Crippen LogP contribution in [0.2, 0.25) is 0 Å². The van der Waals surface area contributed by atoms with Gasteiger partial charge in [0.15, 0.2) is 11.2 Å². The first-order chi connectivity index (χ1) is 16.0. The average Bonchev–Trinajstić information content (AvgIpc) is 3.26. The van der Waals surface area contributed by atoms with Crippen molar-refractivity contribution in [3.63, 3.8) is 0 Å². The van der Waals surface area contributed by atoms with Gasteiger partial charge in [0.05, 0.1) is 24.5 Å². The number of rotatable bonds is 1. The number of fused-ring (bicyclic) bond motifs is 4. The maximum absolute atomic E-state index is 12.2. The molecule has 33 heavy (non-hydrogen) atoms. The molecule has 2 aromatic heterocycles. The highest BCUT2D eigenvalue weighted by Crippen LogP contribution is 2.36. The Labute approximate surface area is 187 Å². The predicted molar refractivity (Wildman–Crippen MR) is 121 cm³/mol. The van der Waals surface area contributed by atoms with Gasteiger partial charge in [0.25, 0.3) is 0 Å². The highest BCUT2D eigenvalue weighted by atomic mass is 16.5. The van der Waals surface area contributed by atoms with Crippen LogP contribution in [0.25, 0.3) is 21.9 Å². The van der Waals surface area contributed by atoms with E-state index in [0.717, 1.165) is 21.9 Å². The minimum Gasteiger partial charge on any atom is -0.507 e. The third kappa shape index (κ3) is 3.40. The van der Waals surface area contributed by atoms with Gasteiger partial charge in [-0.3, -0.25) is 4.79 Å². The normalized spacial score (nSPS) is 12.1. The minimum absolute atomic E-state index is 0.0265. The fourth-order valence-corrected chi connectivity index (χ4v) is 4.11. The van der Waals surface area contributed by atoms with Gasteiger partial charge in [-0.15, -0.1) is 0 Å². The van der Waals surface area contributed by atoms with Crippen molar-refractivity contribution in [2.45, 2.75) is 6.42 Å². The summed E-state index contributed by atoms with van der Waals surface area (Å²) in [5.74, 6) is 0.0930. The van der Waals surface area contributed by atoms with Gasteiger partial charge in [0, 0.05) is 16.8 Å². The molecule has 5 aromatic rings. The number of carbonyl (C=O) groups excluding carboxylic acids is 1. The maximum atomic E-state index is 12.2. The molecule has 0 spiro atoms. The molecule has 0 fully saturated rings. The number of hydrogen-bond donors (Lipinski definition) is 2. The van der Waals surface area contributed by atoms with Crippen molar-refractivity contribution in [2.75, 3.05) is 7.11 Å². The Morgan fingerprint density at radius 1 is 0.818 bits per heavy atom. The molecular weight excluding hydrogens is 424 g/mol. The van der Waals surface area contributed by atoms with Gasteiger partial charge in [0.1, 0.15) is 11.5 Å². The summed E-state index contributed by atoms with van der Waals surface area (Å²) in [5, 5.41) is 21.2. The second kappa shape index (κ2) is 7.87. The van der Waals surface area contributed by atoms with Crippen molar-refractivity contribution in [3.8, 4) is 17.2 Å². The van der Waals surface area contributed by atoms with Gasteiger partial charge in [-0.1, -0.05) is 24.3 Å². The van der Waals surface area contributed by atoms with Crippen molar-refractivity contribution in [2.24, 2.45) is 0 Å². The van der Waals surface area contributed by atoms with E-state index in [-0.39, 0.29) is 17.3 Å². The van der Waals surface area contributed by atoms with Crippen LogP contribution in [0.5, 0.6) is 17.2 Å². The SMILES string of the molecule is COc1c2occc2cc2ccc(=O)oc12.O=C1c2c(O)cccc2Cc2cccc(O)c21. The molecule has 2 heterocycles. The zero-order chi connectivity index (χ0) is 23.1. The number of aromatic hydroxyl groups is 2. The van der Waals surface area contributed by atoms with Gasteiger partial charge in [-0.25, -0.2) is 4.79 Å². The van der Waals surface area contributed by atoms with Crippen LogP contribution < -0.4 is 10.4 Å². The number of furan rings is 1. The van der Waals surface area contributed by atoms with Gasteiger partial charge < -0.3 is 23.8 Å². The molecule has 6 rings (SSSR count). The predicted octanol–water partition coefficient (Wildman–Crippen LogP) is 4.78. The van der Waals surface area contributed by atoms with Crippen molar-refractivity contribution in [1.29, 1.82) is 0 Å². The van der Waals surface area contributed by atoms with E-state index in [2.05, 4.69) is 0 Å². The van der Waals surface area contributed by atoms with Crippen LogP contribution >= 0.6 is 0 Å². The van der Waals surface area contributed by atoms with Crippen LogP contribution in [-0.2, 0) is 6.42 Å². The molecule has 7 heteroatoms. The van der Waals surface area contributed by atoms with Crippen LogP contribution in [-0.4, -0.2) is 23.1 Å². The Hall–Kier alpha value is -4.52. The number of benzene rings is 3. The lowest BCUT2D eigenvalue weighted by molar-refractivity contribution is 0.103. The summed E-state index contributed by atoms with van der Waals surface area (Å²) in [5.41, 5.74) is 2.81. The van der Waals surface area contributed by atoms with Crippen molar-refractivity contribution < 1.29 is 28.6 Å². The molecule has 164 valence electrons. The lowest BCUT2D eigenvalue weighted by Gasteiger charge is -2.19. The zero-order valence-corrected chi connectivity index (χ0v) is 17.5. The van der Waals surface area contributed by atoms with Crippen LogP contribution in [0, 0.1) is 0 Å². The van der Waals surface area contributed by atoms with E-state index in [4.69, 9.17) is 13.6 Å². The molecule has 3 aromatic carbocycles. The van der Waals surface area contributed by atoms with Gasteiger partial charge >= 0.3 is 5.63 Å². The van der Waals surface area contributed by atoms with E-state index in [0.29, 0.717) is 34.5 Å². The number of phenols is 2. The van der Waals surface area contributed by atoms with E-state index in [9.17, 15) is 19.8 Å². The summed E-state index contributed by atoms with van der Waals surface area (Å²) >= 11 is 0. The molecule has 0 bridgehead atoms. The minimum atomic E-state index is -0.406. The molecule has 0 atom stereocenters. The van der Waals surface area contributed by atoms with Gasteiger partial charge in [-0.2, -0.15) is 0 Å². The number of methoxy groups -OCH3 is 1. The first-order valence-corrected chi connectivity index (χ1v) is 10.1. The van der Waals surface area contributed by atoms with E-state index >= 15 is 0 Å². The molecule has 0 radical (unpaired) electrons. The molecule has 1 aliphatic carbocycles. The second-order valence-electron chi connectivity index (χ2n) is 7.55. The second-order valence-corrected chi connectivity index (χ2v) is 7.55.